The first kappa shape index (κ1) is 7.90. The smallest absolute Gasteiger partial charge is 0.0452 e. The molecule has 0 aliphatic heterocycles. The van der Waals surface area contributed by atoms with Gasteiger partial charge in [-0.1, -0.05) is 23.2 Å². The molecule has 0 aliphatic rings. The molecule has 0 saturated heterocycles. The molecule has 0 bridgehead atoms. The normalized spacial score (nSPS) is 10.0. The Hall–Kier alpha value is -0.200. The van der Waals surface area contributed by atoms with Crippen LogP contribution < -0.4 is 0 Å². The van der Waals surface area contributed by atoms with E-state index in [0.29, 0.717) is 15.6 Å². The Morgan fingerprint density at radius 2 is 1.90 bits per heavy atom. The third-order valence-electron chi connectivity index (χ3n) is 1.35. The molecule has 1 aromatic carbocycles. The van der Waals surface area contributed by atoms with E-state index in [1.165, 1.54) is 0 Å². The molecule has 0 fully saturated rings. The average molecular weight is 173 g/mol. The zero-order valence-electron chi connectivity index (χ0n) is 5.49. The van der Waals surface area contributed by atoms with Crippen molar-refractivity contribution in [2.24, 2.45) is 0 Å². The third-order valence-corrected chi connectivity index (χ3v) is 1.96. The first-order valence-electron chi connectivity index (χ1n) is 2.82. The Morgan fingerprint density at radius 1 is 1.30 bits per heavy atom. The van der Waals surface area contributed by atoms with Gasteiger partial charge in [0.15, 0.2) is 0 Å². The number of halogens is 2. The fourth-order valence-corrected chi connectivity index (χ4v) is 1.17. The Morgan fingerprint density at radius 3 is 2.40 bits per heavy atom. The summed E-state index contributed by atoms with van der Waals surface area (Å²) in [4.78, 5) is 0. The predicted molar refractivity (Wildman–Crippen MR) is 44.6 cm³/mol. The second kappa shape index (κ2) is 2.81. The second-order valence-corrected chi connectivity index (χ2v) is 2.95. The highest BCUT2D eigenvalue weighted by atomic mass is 35.5. The summed E-state index contributed by atoms with van der Waals surface area (Å²) in [6.45, 7) is 7.41. The first-order valence-corrected chi connectivity index (χ1v) is 3.58. The van der Waals surface area contributed by atoms with Crippen LogP contribution in [0.4, 0.5) is 0 Å². The topological polar surface area (TPSA) is 0 Å². The quantitative estimate of drug-likeness (QED) is 0.564. The summed E-state index contributed by atoms with van der Waals surface area (Å²) in [5.74, 6) is 0. The number of hydrogen-bond acceptors (Lipinski definition) is 0. The molecule has 1 aromatic rings. The highest BCUT2D eigenvalue weighted by Gasteiger charge is 1.99. The van der Waals surface area contributed by atoms with Crippen LogP contribution in [-0.4, -0.2) is 0 Å². The van der Waals surface area contributed by atoms with Crippen LogP contribution in [-0.2, 0) is 0 Å². The summed E-state index contributed by atoms with van der Waals surface area (Å²) < 4.78 is 0. The molecule has 0 aliphatic carbocycles. The molecule has 0 N–H and O–H groups in total. The van der Waals surface area contributed by atoms with Crippen LogP contribution in [0.25, 0.3) is 0 Å². The average Bonchev–Trinajstić information content (AvgIpc) is 1.82. The highest BCUT2D eigenvalue weighted by Crippen LogP contribution is 2.23. The van der Waals surface area contributed by atoms with Gasteiger partial charge in [0.1, 0.15) is 0 Å². The minimum atomic E-state index is 0.577. The van der Waals surface area contributed by atoms with Crippen molar-refractivity contribution in [3.8, 4) is 0 Å². The third kappa shape index (κ3) is 1.44. The van der Waals surface area contributed by atoms with Gasteiger partial charge in [0.05, 0.1) is 0 Å². The fourth-order valence-electron chi connectivity index (χ4n) is 0.666. The molecule has 0 unspecified atom stereocenters. The lowest BCUT2D eigenvalue weighted by Gasteiger charge is -2.01. The molecule has 1 rings (SSSR count). The van der Waals surface area contributed by atoms with Crippen molar-refractivity contribution in [1.29, 1.82) is 0 Å². The molecule has 0 heterocycles. The first-order chi connectivity index (χ1) is 4.61. The fraction of sp³-hybridized carbons (Fsp3) is 0.125. The molecule has 0 nitrogen and oxygen atoms in total. The minimum Gasteiger partial charge on any atom is -0.0843 e. The van der Waals surface area contributed by atoms with Crippen molar-refractivity contribution in [3.05, 3.63) is 40.2 Å². The van der Waals surface area contributed by atoms with Crippen LogP contribution >= 0.6 is 23.2 Å². The molecular weight excluding hydrogens is 167 g/mol. The molecule has 52 valence electrons. The monoisotopic (exact) mass is 172 g/mol. The largest absolute Gasteiger partial charge is 0.0843 e. The van der Waals surface area contributed by atoms with E-state index in [9.17, 15) is 0 Å². The number of rotatable bonds is 0. The second-order valence-electron chi connectivity index (χ2n) is 2.10. The molecule has 10 heavy (non-hydrogen) atoms. The standard InChI is InChI=1S/C8H6Cl2/c1-5-3-7(9)4-8(10)6(5)2/h1,3-4H,2H3. The molecule has 0 saturated carbocycles. The van der Waals surface area contributed by atoms with Gasteiger partial charge in [-0.2, -0.15) is 0 Å². The molecule has 0 spiro atoms. The minimum absolute atomic E-state index is 0.577. The van der Waals surface area contributed by atoms with Gasteiger partial charge in [-0.3, -0.25) is 0 Å². The van der Waals surface area contributed by atoms with E-state index in [0.717, 1.165) is 5.56 Å². The van der Waals surface area contributed by atoms with Crippen molar-refractivity contribution < 1.29 is 0 Å². The van der Waals surface area contributed by atoms with Crippen molar-refractivity contribution >= 4 is 23.2 Å². The summed E-state index contributed by atoms with van der Waals surface area (Å²) in [7, 11) is 0. The van der Waals surface area contributed by atoms with Crippen LogP contribution in [0, 0.1) is 13.8 Å². The zero-order chi connectivity index (χ0) is 7.72. The van der Waals surface area contributed by atoms with Gasteiger partial charge in [0.25, 0.3) is 0 Å². The van der Waals surface area contributed by atoms with Crippen LogP contribution in [0.15, 0.2) is 12.1 Å². The number of benzene rings is 1. The van der Waals surface area contributed by atoms with E-state index in [1.807, 2.05) is 6.92 Å². The summed E-state index contributed by atoms with van der Waals surface area (Å²) in [6.07, 6.45) is 0. The van der Waals surface area contributed by atoms with E-state index in [2.05, 4.69) is 0 Å². The molecule has 2 heteroatoms. The lowest BCUT2D eigenvalue weighted by atomic mass is 10.1. The van der Waals surface area contributed by atoms with Crippen molar-refractivity contribution in [1.82, 2.24) is 0 Å². The van der Waals surface area contributed by atoms with Gasteiger partial charge >= 0.3 is 0 Å². The van der Waals surface area contributed by atoms with E-state index in [1.54, 1.807) is 12.1 Å². The van der Waals surface area contributed by atoms with E-state index in [-0.39, 0.29) is 0 Å². The summed E-state index contributed by atoms with van der Waals surface area (Å²) in [6, 6.07) is 3.36. The van der Waals surface area contributed by atoms with Gasteiger partial charge < -0.3 is 0 Å². The molecule has 0 aromatic heterocycles. The van der Waals surface area contributed by atoms with Crippen molar-refractivity contribution in [2.45, 2.75) is 6.92 Å². The van der Waals surface area contributed by atoms with Crippen molar-refractivity contribution in [3.63, 3.8) is 0 Å². The predicted octanol–water partition coefficient (Wildman–Crippen LogP) is 3.36. The van der Waals surface area contributed by atoms with E-state index in [4.69, 9.17) is 30.1 Å². The summed E-state index contributed by atoms with van der Waals surface area (Å²) >= 11 is 11.4. The maximum atomic E-state index is 5.75. The Labute approximate surface area is 70.8 Å². The van der Waals surface area contributed by atoms with Crippen LogP contribution in [0.2, 0.25) is 10.0 Å². The highest BCUT2D eigenvalue weighted by molar-refractivity contribution is 6.35. The van der Waals surface area contributed by atoms with Crippen LogP contribution in [0.5, 0.6) is 0 Å². The molecule has 2 radical (unpaired) electrons. The maximum Gasteiger partial charge on any atom is 0.0452 e. The molecule has 0 amide bonds. The van der Waals surface area contributed by atoms with Crippen molar-refractivity contribution in [2.75, 3.05) is 0 Å². The van der Waals surface area contributed by atoms with Gasteiger partial charge in [0.2, 0.25) is 0 Å². The lowest BCUT2D eigenvalue weighted by Crippen LogP contribution is -1.80. The van der Waals surface area contributed by atoms with Gasteiger partial charge in [-0.05, 0) is 37.1 Å². The summed E-state index contributed by atoms with van der Waals surface area (Å²) in [5.41, 5.74) is 1.52. The van der Waals surface area contributed by atoms with Gasteiger partial charge in [-0.25, -0.2) is 0 Å². The Kier molecular flexibility index (Phi) is 2.22. The maximum absolute atomic E-state index is 5.75. The molecular formula is C8H6Cl2. The molecule has 0 atom stereocenters. The lowest BCUT2D eigenvalue weighted by molar-refractivity contribution is 1.42. The summed E-state index contributed by atoms with van der Waals surface area (Å²) in [5, 5.41) is 1.19. The number of hydrogen-bond donors (Lipinski definition) is 0. The van der Waals surface area contributed by atoms with Gasteiger partial charge in [-0.15, -0.1) is 0 Å². The van der Waals surface area contributed by atoms with E-state index >= 15 is 0 Å². The zero-order valence-corrected chi connectivity index (χ0v) is 7.00. The van der Waals surface area contributed by atoms with E-state index < -0.39 is 0 Å². The Bertz CT molecular complexity index is 230. The SMILES string of the molecule is [CH]c1cc(Cl)cc(Cl)c1C. The van der Waals surface area contributed by atoms with Crippen LogP contribution in [0.1, 0.15) is 11.1 Å². The van der Waals surface area contributed by atoms with Crippen LogP contribution in [0.3, 0.4) is 0 Å². The Balaban J connectivity index is 3.31. The van der Waals surface area contributed by atoms with Gasteiger partial charge in [0, 0.05) is 10.0 Å².